The smallest absolute Gasteiger partial charge is 0.254 e. The molecule has 0 saturated carbocycles. The van der Waals surface area contributed by atoms with Gasteiger partial charge in [0.1, 0.15) is 0 Å². The lowest BCUT2D eigenvalue weighted by molar-refractivity contribution is 0.0757. The summed E-state index contributed by atoms with van der Waals surface area (Å²) in [5, 5.41) is 0.921. The maximum atomic E-state index is 13.4. The minimum atomic E-state index is 0.0971. The number of para-hydroxylation sites is 1. The number of fused-ring (bicyclic) bond motifs is 1. The van der Waals surface area contributed by atoms with Crippen LogP contribution in [0.15, 0.2) is 54.6 Å². The third-order valence-electron chi connectivity index (χ3n) is 5.27. The van der Waals surface area contributed by atoms with E-state index >= 15 is 0 Å². The lowest BCUT2D eigenvalue weighted by atomic mass is 9.86. The molecule has 1 heterocycles. The molecule has 0 spiro atoms. The number of hydrogen-bond acceptors (Lipinski definition) is 2. The van der Waals surface area contributed by atoms with Crippen molar-refractivity contribution in [2.75, 3.05) is 13.1 Å². The Balaban J connectivity index is 2.10. The molecule has 0 aliphatic heterocycles. The summed E-state index contributed by atoms with van der Waals surface area (Å²) in [5.74, 6) is 0.0971. The van der Waals surface area contributed by atoms with Gasteiger partial charge in [-0.1, -0.05) is 77.1 Å². The molecule has 0 atom stereocenters. The van der Waals surface area contributed by atoms with Gasteiger partial charge in [-0.3, -0.25) is 4.79 Å². The molecular weight excluding hydrogens is 356 g/mol. The number of benzene rings is 2. The number of hydrogen-bond donors (Lipinski definition) is 0. The summed E-state index contributed by atoms with van der Waals surface area (Å²) in [4.78, 5) is 20.2. The van der Waals surface area contributed by atoms with E-state index in [1.165, 1.54) is 5.56 Å². The Labute approximate surface area is 174 Å². The average Bonchev–Trinajstić information content (AvgIpc) is 2.72. The van der Waals surface area contributed by atoms with Crippen LogP contribution in [0.1, 0.15) is 63.4 Å². The van der Waals surface area contributed by atoms with Crippen LogP contribution in [-0.4, -0.2) is 28.9 Å². The highest BCUT2D eigenvalue weighted by Gasteiger charge is 2.19. The molecule has 2 aromatic carbocycles. The van der Waals surface area contributed by atoms with Gasteiger partial charge >= 0.3 is 0 Å². The third-order valence-corrected chi connectivity index (χ3v) is 5.27. The van der Waals surface area contributed by atoms with Crippen LogP contribution in [0.4, 0.5) is 0 Å². The second-order valence-corrected chi connectivity index (χ2v) is 8.69. The van der Waals surface area contributed by atoms with E-state index < -0.39 is 0 Å². The molecule has 3 rings (SSSR count). The van der Waals surface area contributed by atoms with Crippen molar-refractivity contribution in [1.29, 1.82) is 0 Å². The molecule has 1 amide bonds. The molecule has 0 N–H and O–H groups in total. The maximum absolute atomic E-state index is 13.4. The van der Waals surface area contributed by atoms with Crippen molar-refractivity contribution in [1.82, 2.24) is 9.88 Å². The van der Waals surface area contributed by atoms with E-state index in [0.717, 1.165) is 53.7 Å². The molecule has 3 nitrogen and oxygen atoms in total. The molecule has 29 heavy (non-hydrogen) atoms. The molecule has 0 radical (unpaired) electrons. The van der Waals surface area contributed by atoms with Crippen LogP contribution >= 0.6 is 0 Å². The Morgan fingerprint density at radius 1 is 0.931 bits per heavy atom. The minimum absolute atomic E-state index is 0.0971. The van der Waals surface area contributed by atoms with Gasteiger partial charge < -0.3 is 4.90 Å². The molecule has 3 aromatic rings. The molecule has 0 bridgehead atoms. The Kier molecular flexibility index (Phi) is 6.36. The van der Waals surface area contributed by atoms with E-state index in [0.29, 0.717) is 0 Å². The van der Waals surface area contributed by atoms with Gasteiger partial charge in [-0.2, -0.15) is 0 Å². The maximum Gasteiger partial charge on any atom is 0.254 e. The van der Waals surface area contributed by atoms with Crippen LogP contribution in [0.25, 0.3) is 22.2 Å². The molecule has 152 valence electrons. The van der Waals surface area contributed by atoms with Crippen LogP contribution in [0.5, 0.6) is 0 Å². The zero-order chi connectivity index (χ0) is 21.0. The van der Waals surface area contributed by atoms with E-state index in [4.69, 9.17) is 4.98 Å². The van der Waals surface area contributed by atoms with E-state index in [1.54, 1.807) is 0 Å². The average molecular weight is 389 g/mol. The Hall–Kier alpha value is -2.68. The van der Waals surface area contributed by atoms with Crippen LogP contribution in [0.2, 0.25) is 0 Å². The van der Waals surface area contributed by atoms with Gasteiger partial charge in [0.05, 0.1) is 16.8 Å². The number of pyridine rings is 1. The van der Waals surface area contributed by atoms with Gasteiger partial charge in [-0.15, -0.1) is 0 Å². The van der Waals surface area contributed by atoms with Gasteiger partial charge in [-0.25, -0.2) is 4.98 Å². The second-order valence-electron chi connectivity index (χ2n) is 8.69. The number of carbonyl (C=O) groups is 1. The van der Waals surface area contributed by atoms with Gasteiger partial charge in [0.2, 0.25) is 0 Å². The molecule has 0 aliphatic carbocycles. The van der Waals surface area contributed by atoms with E-state index in [1.807, 2.05) is 35.2 Å². The summed E-state index contributed by atoms with van der Waals surface area (Å²) in [5.41, 5.74) is 4.89. The fraction of sp³-hybridized carbons (Fsp3) is 0.385. The van der Waals surface area contributed by atoms with Gasteiger partial charge in [0.25, 0.3) is 5.91 Å². The lowest BCUT2D eigenvalue weighted by Crippen LogP contribution is -2.32. The van der Waals surface area contributed by atoms with Crippen molar-refractivity contribution in [2.24, 2.45) is 0 Å². The molecule has 0 saturated heterocycles. The van der Waals surface area contributed by atoms with Crippen molar-refractivity contribution in [2.45, 2.75) is 52.9 Å². The fourth-order valence-corrected chi connectivity index (χ4v) is 3.67. The summed E-state index contributed by atoms with van der Waals surface area (Å²) in [7, 11) is 0. The number of nitrogens with zero attached hydrogens (tertiary/aromatic N) is 2. The first-order valence-corrected chi connectivity index (χ1v) is 10.6. The zero-order valence-corrected chi connectivity index (χ0v) is 18.3. The van der Waals surface area contributed by atoms with Crippen molar-refractivity contribution >= 4 is 16.8 Å². The number of amides is 1. The first-order valence-electron chi connectivity index (χ1n) is 10.6. The first kappa shape index (κ1) is 21.0. The van der Waals surface area contributed by atoms with Crippen molar-refractivity contribution in [3.05, 3.63) is 65.7 Å². The topological polar surface area (TPSA) is 33.2 Å². The van der Waals surface area contributed by atoms with E-state index in [-0.39, 0.29) is 11.3 Å². The van der Waals surface area contributed by atoms with Crippen molar-refractivity contribution in [3.8, 4) is 11.3 Å². The normalized spacial score (nSPS) is 11.6. The number of aromatic nitrogens is 1. The summed E-state index contributed by atoms with van der Waals surface area (Å²) >= 11 is 0. The zero-order valence-electron chi connectivity index (χ0n) is 18.3. The first-order chi connectivity index (χ1) is 13.8. The van der Waals surface area contributed by atoms with Crippen LogP contribution in [-0.2, 0) is 5.41 Å². The molecule has 1 aromatic heterocycles. The largest absolute Gasteiger partial charge is 0.339 e. The predicted octanol–water partition coefficient (Wildman–Crippen LogP) is 6.46. The Bertz CT molecular complexity index is 978. The summed E-state index contributed by atoms with van der Waals surface area (Å²) in [6.07, 6.45) is 1.91. The minimum Gasteiger partial charge on any atom is -0.339 e. The second kappa shape index (κ2) is 8.77. The van der Waals surface area contributed by atoms with Crippen LogP contribution < -0.4 is 0 Å². The van der Waals surface area contributed by atoms with Gasteiger partial charge in [-0.05, 0) is 36.0 Å². The fourth-order valence-electron chi connectivity index (χ4n) is 3.67. The van der Waals surface area contributed by atoms with Crippen molar-refractivity contribution in [3.63, 3.8) is 0 Å². The lowest BCUT2D eigenvalue weighted by Gasteiger charge is -2.23. The van der Waals surface area contributed by atoms with Gasteiger partial charge in [0, 0.05) is 24.0 Å². The summed E-state index contributed by atoms with van der Waals surface area (Å²) < 4.78 is 0. The summed E-state index contributed by atoms with van der Waals surface area (Å²) in [6, 6.07) is 18.5. The highest BCUT2D eigenvalue weighted by atomic mass is 16.2. The highest BCUT2D eigenvalue weighted by Crippen LogP contribution is 2.28. The van der Waals surface area contributed by atoms with Crippen LogP contribution in [0.3, 0.4) is 0 Å². The highest BCUT2D eigenvalue weighted by molar-refractivity contribution is 6.07. The quantitative estimate of drug-likeness (QED) is 0.485. The van der Waals surface area contributed by atoms with Crippen molar-refractivity contribution < 1.29 is 4.79 Å². The Morgan fingerprint density at radius 2 is 1.55 bits per heavy atom. The SMILES string of the molecule is CCCN(CCC)C(=O)c1cc(-c2ccc(C(C)(C)C)cc2)nc2ccccc12. The standard InChI is InChI=1S/C26H32N2O/c1-6-16-28(17-7-2)25(29)22-18-24(27-23-11-9-8-10-21(22)23)19-12-14-20(15-13-19)26(3,4)5/h8-15,18H,6-7,16-17H2,1-5H3. The predicted molar refractivity (Wildman–Crippen MR) is 122 cm³/mol. The third kappa shape index (κ3) is 4.67. The number of rotatable bonds is 6. The van der Waals surface area contributed by atoms with Gasteiger partial charge in [0.15, 0.2) is 0 Å². The van der Waals surface area contributed by atoms with E-state index in [2.05, 4.69) is 58.9 Å². The molecular formula is C26H32N2O. The van der Waals surface area contributed by atoms with Crippen LogP contribution in [0, 0.1) is 0 Å². The molecule has 0 aliphatic rings. The molecule has 3 heteroatoms. The Morgan fingerprint density at radius 3 is 2.14 bits per heavy atom. The monoisotopic (exact) mass is 388 g/mol. The molecule has 0 fully saturated rings. The van der Waals surface area contributed by atoms with E-state index in [9.17, 15) is 4.79 Å². The number of carbonyl (C=O) groups excluding carboxylic acids is 1. The molecule has 0 unspecified atom stereocenters. The summed E-state index contributed by atoms with van der Waals surface area (Å²) in [6.45, 7) is 12.4.